The molecule has 2 aromatic rings. The fraction of sp³-hybridized carbons (Fsp3) is 0.333. The van der Waals surface area contributed by atoms with Crippen molar-refractivity contribution in [2.45, 2.75) is 13.0 Å². The smallest absolute Gasteiger partial charge is 0.268 e. The van der Waals surface area contributed by atoms with Gasteiger partial charge < -0.3 is 14.4 Å². The Hall–Kier alpha value is -1.40. The van der Waals surface area contributed by atoms with E-state index in [0.29, 0.717) is 5.89 Å². The third-order valence-corrected chi connectivity index (χ3v) is 2.73. The van der Waals surface area contributed by atoms with Crippen molar-refractivity contribution in [3.8, 4) is 16.5 Å². The molecule has 0 aliphatic heterocycles. The number of hydrogen-bond donors (Lipinski definition) is 1. The van der Waals surface area contributed by atoms with E-state index in [1.165, 1.54) is 11.3 Å². The zero-order valence-electron chi connectivity index (χ0n) is 8.30. The maximum atomic E-state index is 9.23. The number of thiophene rings is 1. The summed E-state index contributed by atoms with van der Waals surface area (Å²) < 4.78 is 10.0. The van der Waals surface area contributed by atoms with Crippen LogP contribution in [0.2, 0.25) is 0 Å². The monoisotopic (exact) mass is 226 g/mol. The molecule has 0 aliphatic rings. The fourth-order valence-corrected chi connectivity index (χ4v) is 1.82. The lowest BCUT2D eigenvalue weighted by atomic mass is 10.4. The van der Waals surface area contributed by atoms with Crippen LogP contribution in [0.15, 0.2) is 16.0 Å². The Labute approximate surface area is 90.3 Å². The summed E-state index contributed by atoms with van der Waals surface area (Å²) in [5.41, 5.74) is 0. The van der Waals surface area contributed by atoms with Gasteiger partial charge in [-0.2, -0.15) is 4.98 Å². The fourth-order valence-electron chi connectivity index (χ4n) is 1.04. The maximum absolute atomic E-state index is 9.23. The highest BCUT2D eigenvalue weighted by atomic mass is 32.1. The summed E-state index contributed by atoms with van der Waals surface area (Å²) in [6, 6.07) is 1.81. The summed E-state index contributed by atoms with van der Waals surface area (Å²) in [7, 11) is 1.60. The minimum Gasteiger partial charge on any atom is -0.496 e. The molecule has 5 nitrogen and oxygen atoms in total. The van der Waals surface area contributed by atoms with Gasteiger partial charge in [0.1, 0.15) is 11.9 Å². The van der Waals surface area contributed by atoms with Crippen molar-refractivity contribution >= 4 is 11.3 Å². The van der Waals surface area contributed by atoms with E-state index in [9.17, 15) is 5.11 Å². The van der Waals surface area contributed by atoms with Crippen LogP contribution in [-0.4, -0.2) is 22.4 Å². The number of ether oxygens (including phenoxy) is 1. The molecule has 0 amide bonds. The summed E-state index contributed by atoms with van der Waals surface area (Å²) in [5.74, 6) is 1.45. The van der Waals surface area contributed by atoms with Crippen molar-refractivity contribution in [3.63, 3.8) is 0 Å². The van der Waals surface area contributed by atoms with Gasteiger partial charge in [0.05, 0.1) is 12.0 Å². The normalized spacial score (nSPS) is 12.7. The van der Waals surface area contributed by atoms with Gasteiger partial charge in [-0.15, -0.1) is 11.3 Å². The van der Waals surface area contributed by atoms with Crippen molar-refractivity contribution in [2.24, 2.45) is 0 Å². The first-order chi connectivity index (χ1) is 7.20. The van der Waals surface area contributed by atoms with E-state index in [2.05, 4.69) is 10.1 Å². The topological polar surface area (TPSA) is 68.4 Å². The van der Waals surface area contributed by atoms with Gasteiger partial charge in [-0.25, -0.2) is 0 Å². The third kappa shape index (κ3) is 2.00. The first kappa shape index (κ1) is 10.1. The van der Waals surface area contributed by atoms with Gasteiger partial charge in [-0.05, 0) is 6.92 Å². The van der Waals surface area contributed by atoms with Crippen LogP contribution in [0.1, 0.15) is 18.9 Å². The lowest BCUT2D eigenvalue weighted by Crippen LogP contribution is -1.92. The molecule has 0 saturated heterocycles. The minimum atomic E-state index is -0.718. The Morgan fingerprint density at radius 3 is 2.93 bits per heavy atom. The van der Waals surface area contributed by atoms with Gasteiger partial charge in [0.2, 0.25) is 0 Å². The van der Waals surface area contributed by atoms with Crippen LogP contribution in [0.5, 0.6) is 5.75 Å². The first-order valence-electron chi connectivity index (χ1n) is 4.35. The van der Waals surface area contributed by atoms with E-state index in [0.717, 1.165) is 10.6 Å². The molecular formula is C9H10N2O3S. The van der Waals surface area contributed by atoms with Crippen LogP contribution in [0.3, 0.4) is 0 Å². The second kappa shape index (κ2) is 4.00. The molecule has 2 heterocycles. The Kier molecular flexibility index (Phi) is 2.70. The molecule has 0 radical (unpaired) electrons. The van der Waals surface area contributed by atoms with Crippen molar-refractivity contribution in [1.82, 2.24) is 10.1 Å². The molecule has 0 aromatic carbocycles. The summed E-state index contributed by atoms with van der Waals surface area (Å²) in [5, 5.41) is 14.7. The van der Waals surface area contributed by atoms with E-state index >= 15 is 0 Å². The molecule has 15 heavy (non-hydrogen) atoms. The largest absolute Gasteiger partial charge is 0.496 e. The van der Waals surface area contributed by atoms with Gasteiger partial charge in [-0.3, -0.25) is 0 Å². The Bertz CT molecular complexity index is 450. The molecule has 1 unspecified atom stereocenters. The number of aromatic nitrogens is 2. The molecule has 1 atom stereocenters. The number of nitrogens with zero attached hydrogens (tertiary/aromatic N) is 2. The van der Waals surface area contributed by atoms with Gasteiger partial charge >= 0.3 is 0 Å². The summed E-state index contributed by atoms with van der Waals surface area (Å²) in [4.78, 5) is 4.88. The van der Waals surface area contributed by atoms with Crippen LogP contribution in [0.4, 0.5) is 0 Å². The van der Waals surface area contributed by atoms with Crippen molar-refractivity contribution in [2.75, 3.05) is 7.11 Å². The predicted octanol–water partition coefficient (Wildman–Crippen LogP) is 1.86. The van der Waals surface area contributed by atoms with Crippen molar-refractivity contribution < 1.29 is 14.4 Å². The van der Waals surface area contributed by atoms with E-state index in [4.69, 9.17) is 9.26 Å². The predicted molar refractivity (Wildman–Crippen MR) is 54.8 cm³/mol. The highest BCUT2D eigenvalue weighted by molar-refractivity contribution is 7.13. The third-order valence-electron chi connectivity index (χ3n) is 1.84. The number of hydrogen-bond acceptors (Lipinski definition) is 6. The molecule has 80 valence electrons. The van der Waals surface area contributed by atoms with E-state index in [-0.39, 0.29) is 5.82 Å². The Balaban J connectivity index is 2.28. The van der Waals surface area contributed by atoms with Crippen LogP contribution < -0.4 is 4.74 Å². The molecule has 6 heteroatoms. The molecule has 0 saturated carbocycles. The zero-order valence-corrected chi connectivity index (χ0v) is 9.11. The molecule has 0 aliphatic carbocycles. The average Bonchev–Trinajstić information content (AvgIpc) is 2.86. The number of aliphatic hydroxyl groups is 1. The van der Waals surface area contributed by atoms with Gasteiger partial charge in [0.25, 0.3) is 5.89 Å². The Morgan fingerprint density at radius 1 is 1.60 bits per heavy atom. The van der Waals surface area contributed by atoms with Crippen LogP contribution in [-0.2, 0) is 0 Å². The van der Waals surface area contributed by atoms with Crippen molar-refractivity contribution in [3.05, 3.63) is 17.3 Å². The van der Waals surface area contributed by atoms with Crippen LogP contribution >= 0.6 is 11.3 Å². The summed E-state index contributed by atoms with van der Waals surface area (Å²) >= 11 is 1.45. The van der Waals surface area contributed by atoms with E-state index in [1.807, 2.05) is 11.4 Å². The molecule has 2 aromatic heterocycles. The minimum absolute atomic E-state index is 0.289. The van der Waals surface area contributed by atoms with Crippen LogP contribution in [0, 0.1) is 0 Å². The number of rotatable bonds is 3. The molecule has 0 fully saturated rings. The second-order valence-corrected chi connectivity index (χ2v) is 3.90. The summed E-state index contributed by atoms with van der Waals surface area (Å²) in [6.07, 6.45) is -0.718. The molecule has 0 spiro atoms. The van der Waals surface area contributed by atoms with E-state index < -0.39 is 6.10 Å². The van der Waals surface area contributed by atoms with Gasteiger partial charge in [0.15, 0.2) is 5.82 Å². The zero-order chi connectivity index (χ0) is 10.8. The maximum Gasteiger partial charge on any atom is 0.268 e. The molecule has 0 bridgehead atoms. The summed E-state index contributed by atoms with van der Waals surface area (Å²) in [6.45, 7) is 1.59. The van der Waals surface area contributed by atoms with Gasteiger partial charge in [0, 0.05) is 11.4 Å². The average molecular weight is 226 g/mol. The van der Waals surface area contributed by atoms with Crippen molar-refractivity contribution in [1.29, 1.82) is 0 Å². The van der Waals surface area contributed by atoms with Gasteiger partial charge in [-0.1, -0.05) is 5.16 Å². The first-order valence-corrected chi connectivity index (χ1v) is 5.23. The number of aliphatic hydroxyl groups excluding tert-OH is 1. The second-order valence-electron chi connectivity index (χ2n) is 2.98. The lowest BCUT2D eigenvalue weighted by molar-refractivity contribution is 0.184. The molecule has 1 N–H and O–H groups in total. The Morgan fingerprint density at radius 2 is 2.40 bits per heavy atom. The highest BCUT2D eigenvalue weighted by Gasteiger charge is 2.14. The highest BCUT2D eigenvalue weighted by Crippen LogP contribution is 2.30. The quantitative estimate of drug-likeness (QED) is 0.865. The van der Waals surface area contributed by atoms with Crippen LogP contribution in [0.25, 0.3) is 10.8 Å². The molecule has 2 rings (SSSR count). The number of methoxy groups -OCH3 is 1. The molecular weight excluding hydrogens is 216 g/mol. The standard InChI is InChI=1S/C9H10N2O3S/c1-5(12)8-10-9(14-11-8)7-3-6(13-2)4-15-7/h3-5,12H,1-2H3. The lowest BCUT2D eigenvalue weighted by Gasteiger charge is -1.91. The SMILES string of the molecule is COc1csc(-c2nc(C(C)O)no2)c1. The van der Waals surface area contributed by atoms with E-state index in [1.54, 1.807) is 14.0 Å².